The molecule has 1 amide bonds. The molecule has 0 fully saturated rings. The minimum Gasteiger partial charge on any atom is -0.323 e. The number of carbonyl (C=O) groups excluding carboxylic acids is 1. The molecule has 2 aromatic heterocycles. The first-order chi connectivity index (χ1) is 9.54. The predicted octanol–water partition coefficient (Wildman–Crippen LogP) is 1.86. The number of nitrogens with one attached hydrogen (secondary N) is 2. The van der Waals surface area contributed by atoms with E-state index in [-0.39, 0.29) is 22.4 Å². The smallest absolute Gasteiger partial charge is 0.251 e. The maximum Gasteiger partial charge on any atom is 0.251 e. The molecule has 20 heavy (non-hydrogen) atoms. The zero-order valence-electron chi connectivity index (χ0n) is 10.5. The van der Waals surface area contributed by atoms with Gasteiger partial charge in [0.15, 0.2) is 10.3 Å². The fourth-order valence-electron chi connectivity index (χ4n) is 1.42. The summed E-state index contributed by atoms with van der Waals surface area (Å²) in [6.45, 7) is 1.72. The van der Waals surface area contributed by atoms with Crippen LogP contribution in [-0.2, 0) is 4.79 Å². The van der Waals surface area contributed by atoms with Crippen molar-refractivity contribution in [3.8, 4) is 0 Å². The van der Waals surface area contributed by atoms with Gasteiger partial charge in [-0.3, -0.25) is 9.59 Å². The van der Waals surface area contributed by atoms with E-state index in [0.717, 1.165) is 11.8 Å². The molecular weight excluding hydrogens is 300 g/mol. The Bertz CT molecular complexity index is 689. The molecule has 0 saturated carbocycles. The van der Waals surface area contributed by atoms with E-state index in [4.69, 9.17) is 11.6 Å². The Morgan fingerprint density at radius 3 is 3.05 bits per heavy atom. The van der Waals surface area contributed by atoms with E-state index in [1.807, 2.05) is 0 Å². The van der Waals surface area contributed by atoms with Crippen molar-refractivity contribution in [1.82, 2.24) is 15.0 Å². The number of halogens is 1. The summed E-state index contributed by atoms with van der Waals surface area (Å²) in [5, 5.41) is 3.27. The van der Waals surface area contributed by atoms with Crippen molar-refractivity contribution in [2.45, 2.75) is 12.1 Å². The molecule has 0 aliphatic rings. The second-order valence-electron chi connectivity index (χ2n) is 3.87. The molecule has 2 rings (SSSR count). The van der Waals surface area contributed by atoms with Crippen molar-refractivity contribution >= 4 is 35.0 Å². The molecule has 0 aromatic carbocycles. The molecule has 0 saturated heterocycles. The van der Waals surface area contributed by atoms with Gasteiger partial charge in [0.05, 0.1) is 11.4 Å². The zero-order chi connectivity index (χ0) is 14.5. The molecule has 2 N–H and O–H groups in total. The third-order valence-corrected chi connectivity index (χ3v) is 3.40. The van der Waals surface area contributed by atoms with Gasteiger partial charge >= 0.3 is 0 Å². The number of aryl methyl sites for hydroxylation is 1. The van der Waals surface area contributed by atoms with E-state index in [9.17, 15) is 9.59 Å². The van der Waals surface area contributed by atoms with Gasteiger partial charge in [-0.05, 0) is 19.1 Å². The molecule has 6 nitrogen and oxygen atoms in total. The number of aromatic amines is 1. The van der Waals surface area contributed by atoms with E-state index >= 15 is 0 Å². The second-order valence-corrected chi connectivity index (χ2v) is 5.19. The molecule has 8 heteroatoms. The standard InChI is InChI=1S/C12H11ClN4O2S/c1-7-5-9(18)17-12(15-7)20-6-10(19)16-8-3-2-4-14-11(8)13/h2-5H,6H2,1H3,(H,16,19)(H,15,17,18). The molecular formula is C12H11ClN4O2S. The molecule has 0 bridgehead atoms. The van der Waals surface area contributed by atoms with Crippen molar-refractivity contribution in [3.05, 3.63) is 45.6 Å². The van der Waals surface area contributed by atoms with Gasteiger partial charge in [0.1, 0.15) is 0 Å². The highest BCUT2D eigenvalue weighted by molar-refractivity contribution is 7.99. The highest BCUT2D eigenvalue weighted by Gasteiger charge is 2.08. The number of nitrogens with zero attached hydrogens (tertiary/aromatic N) is 2. The number of hydrogen-bond donors (Lipinski definition) is 2. The van der Waals surface area contributed by atoms with Crippen LogP contribution in [0.1, 0.15) is 5.69 Å². The Kier molecular flexibility index (Phi) is 4.75. The number of carbonyl (C=O) groups is 1. The first-order valence-electron chi connectivity index (χ1n) is 5.66. The topological polar surface area (TPSA) is 87.7 Å². The average Bonchev–Trinajstić information content (AvgIpc) is 2.38. The molecule has 104 valence electrons. The summed E-state index contributed by atoms with van der Waals surface area (Å²) in [5.74, 6) is -0.147. The lowest BCUT2D eigenvalue weighted by atomic mass is 10.4. The van der Waals surface area contributed by atoms with Crippen molar-refractivity contribution < 1.29 is 4.79 Å². The SMILES string of the molecule is Cc1cc(=O)[nH]c(SCC(=O)Nc2cccnc2Cl)n1. The Morgan fingerprint density at radius 2 is 2.35 bits per heavy atom. The molecule has 0 unspecified atom stereocenters. The second kappa shape index (κ2) is 6.53. The normalized spacial score (nSPS) is 10.3. The zero-order valence-corrected chi connectivity index (χ0v) is 12.1. The average molecular weight is 311 g/mol. The summed E-state index contributed by atoms with van der Waals surface area (Å²) >= 11 is 6.97. The lowest BCUT2D eigenvalue weighted by Crippen LogP contribution is -2.16. The molecule has 0 spiro atoms. The fraction of sp³-hybridized carbons (Fsp3) is 0.167. The van der Waals surface area contributed by atoms with E-state index < -0.39 is 0 Å². The highest BCUT2D eigenvalue weighted by atomic mass is 35.5. The number of thioether (sulfide) groups is 1. The number of amides is 1. The first kappa shape index (κ1) is 14.5. The van der Waals surface area contributed by atoms with Crippen LogP contribution in [0.2, 0.25) is 5.15 Å². The van der Waals surface area contributed by atoms with Gasteiger partial charge in [-0.25, -0.2) is 9.97 Å². The van der Waals surface area contributed by atoms with E-state index in [0.29, 0.717) is 16.5 Å². The number of aromatic nitrogens is 3. The number of rotatable bonds is 4. The van der Waals surface area contributed by atoms with Crippen LogP contribution >= 0.6 is 23.4 Å². The summed E-state index contributed by atoms with van der Waals surface area (Å²) in [7, 11) is 0. The molecule has 0 aliphatic carbocycles. The van der Waals surface area contributed by atoms with Crippen molar-refractivity contribution in [1.29, 1.82) is 0 Å². The highest BCUT2D eigenvalue weighted by Crippen LogP contribution is 2.18. The molecule has 2 aromatic rings. The van der Waals surface area contributed by atoms with Crippen LogP contribution in [0.15, 0.2) is 34.3 Å². The van der Waals surface area contributed by atoms with Gasteiger partial charge in [0.25, 0.3) is 5.56 Å². The van der Waals surface area contributed by atoms with Gasteiger partial charge in [-0.2, -0.15) is 0 Å². The largest absolute Gasteiger partial charge is 0.323 e. The summed E-state index contributed by atoms with van der Waals surface area (Å²) in [5.41, 5.74) is 0.813. The molecule has 0 aliphatic heterocycles. The summed E-state index contributed by atoms with van der Waals surface area (Å²) < 4.78 is 0. The van der Waals surface area contributed by atoms with Gasteiger partial charge in [0, 0.05) is 18.0 Å². The monoisotopic (exact) mass is 310 g/mol. The van der Waals surface area contributed by atoms with Crippen LogP contribution in [0.4, 0.5) is 5.69 Å². The van der Waals surface area contributed by atoms with E-state index in [1.165, 1.54) is 12.3 Å². The van der Waals surface area contributed by atoms with E-state index in [1.54, 1.807) is 19.1 Å². The van der Waals surface area contributed by atoms with Crippen LogP contribution in [0.3, 0.4) is 0 Å². The van der Waals surface area contributed by atoms with Crippen molar-refractivity contribution in [2.75, 3.05) is 11.1 Å². The van der Waals surface area contributed by atoms with Crippen LogP contribution in [0, 0.1) is 6.92 Å². The summed E-state index contributed by atoms with van der Waals surface area (Å²) in [4.78, 5) is 33.6. The predicted molar refractivity (Wildman–Crippen MR) is 78.2 cm³/mol. The molecule has 0 atom stereocenters. The summed E-state index contributed by atoms with van der Waals surface area (Å²) in [6, 6.07) is 4.72. The Balaban J connectivity index is 1.96. The van der Waals surface area contributed by atoms with E-state index in [2.05, 4.69) is 20.3 Å². The number of H-pyrrole nitrogens is 1. The number of pyridine rings is 1. The Labute approximate surface area is 124 Å². The van der Waals surface area contributed by atoms with Crippen molar-refractivity contribution in [2.24, 2.45) is 0 Å². The Morgan fingerprint density at radius 1 is 1.55 bits per heavy atom. The first-order valence-corrected chi connectivity index (χ1v) is 7.02. The van der Waals surface area contributed by atoms with Gasteiger partial charge in [-0.15, -0.1) is 0 Å². The quantitative estimate of drug-likeness (QED) is 0.511. The fourth-order valence-corrected chi connectivity index (χ4v) is 2.31. The number of hydrogen-bond acceptors (Lipinski definition) is 5. The Hall–Kier alpha value is -1.86. The molecule has 2 heterocycles. The van der Waals surface area contributed by atoms with Gasteiger partial charge < -0.3 is 10.3 Å². The van der Waals surface area contributed by atoms with Gasteiger partial charge in [0.2, 0.25) is 5.91 Å². The van der Waals surface area contributed by atoms with Crippen molar-refractivity contribution in [3.63, 3.8) is 0 Å². The van der Waals surface area contributed by atoms with Crippen LogP contribution in [0.5, 0.6) is 0 Å². The minimum absolute atomic E-state index is 0.109. The van der Waals surface area contributed by atoms with Crippen LogP contribution < -0.4 is 10.9 Å². The maximum absolute atomic E-state index is 11.8. The lowest BCUT2D eigenvalue weighted by Gasteiger charge is -2.05. The maximum atomic E-state index is 11.8. The molecule has 0 radical (unpaired) electrons. The minimum atomic E-state index is -0.256. The lowest BCUT2D eigenvalue weighted by molar-refractivity contribution is -0.113. The van der Waals surface area contributed by atoms with Crippen LogP contribution in [0.25, 0.3) is 0 Å². The van der Waals surface area contributed by atoms with Crippen LogP contribution in [-0.4, -0.2) is 26.6 Å². The summed E-state index contributed by atoms with van der Waals surface area (Å²) in [6.07, 6.45) is 1.54. The van der Waals surface area contributed by atoms with Gasteiger partial charge in [-0.1, -0.05) is 23.4 Å². The third kappa shape index (κ3) is 4.07. The number of anilines is 1. The third-order valence-electron chi connectivity index (χ3n) is 2.22.